The van der Waals surface area contributed by atoms with Crippen LogP contribution in [0, 0.1) is 0 Å². The van der Waals surface area contributed by atoms with Crippen molar-refractivity contribution >= 4 is 11.7 Å². The molecule has 5 rings (SSSR count). The first-order valence-corrected chi connectivity index (χ1v) is 11.0. The van der Waals surface area contributed by atoms with Gasteiger partial charge in [0.15, 0.2) is 11.5 Å². The van der Waals surface area contributed by atoms with Crippen LogP contribution in [-0.4, -0.2) is 51.4 Å². The molecule has 1 N–H and O–H groups in total. The van der Waals surface area contributed by atoms with Crippen LogP contribution in [0.3, 0.4) is 0 Å². The van der Waals surface area contributed by atoms with E-state index in [1.165, 1.54) is 0 Å². The standard InChI is InChI=1S/C23H26N6O3/c1-2-17-13-21(27-23(26-17)28-11-9-24-14-28)29-10-3-4-18(29)22(30)25-8-7-16-5-6-19-20(12-16)32-15-31-19/h5-6,9,11-14,18H,2-4,7-8,10,15H2,1H3,(H,25,30). The predicted molar refractivity (Wildman–Crippen MR) is 118 cm³/mol. The van der Waals surface area contributed by atoms with E-state index in [1.54, 1.807) is 17.1 Å². The fourth-order valence-electron chi connectivity index (χ4n) is 4.15. The molecule has 1 fully saturated rings. The largest absolute Gasteiger partial charge is 0.454 e. The average molecular weight is 435 g/mol. The molecule has 0 bridgehead atoms. The molecule has 32 heavy (non-hydrogen) atoms. The highest BCUT2D eigenvalue weighted by Gasteiger charge is 2.32. The van der Waals surface area contributed by atoms with Crippen LogP contribution in [0.2, 0.25) is 0 Å². The second-order valence-electron chi connectivity index (χ2n) is 7.92. The Bertz CT molecular complexity index is 1100. The first-order valence-electron chi connectivity index (χ1n) is 11.0. The van der Waals surface area contributed by atoms with Crippen LogP contribution in [0.4, 0.5) is 5.82 Å². The minimum atomic E-state index is -0.234. The second-order valence-corrected chi connectivity index (χ2v) is 7.92. The number of carbonyl (C=O) groups is 1. The molecular formula is C23H26N6O3. The quantitative estimate of drug-likeness (QED) is 0.610. The SMILES string of the molecule is CCc1cc(N2CCCC2C(=O)NCCc2ccc3c(c2)OCO3)nc(-n2ccnc2)n1. The number of benzene rings is 1. The van der Waals surface area contributed by atoms with Gasteiger partial charge in [-0.25, -0.2) is 9.97 Å². The van der Waals surface area contributed by atoms with Gasteiger partial charge in [0.25, 0.3) is 0 Å². The molecular weight excluding hydrogens is 408 g/mol. The molecule has 2 aliphatic rings. The van der Waals surface area contributed by atoms with Gasteiger partial charge < -0.3 is 19.7 Å². The molecule has 9 nitrogen and oxygen atoms in total. The summed E-state index contributed by atoms with van der Waals surface area (Å²) in [7, 11) is 0. The molecule has 0 aliphatic carbocycles. The van der Waals surface area contributed by atoms with Crippen molar-refractivity contribution in [2.24, 2.45) is 0 Å². The maximum atomic E-state index is 13.0. The number of nitrogens with one attached hydrogen (secondary N) is 1. The monoisotopic (exact) mass is 434 g/mol. The molecule has 0 radical (unpaired) electrons. The highest BCUT2D eigenvalue weighted by molar-refractivity contribution is 5.85. The summed E-state index contributed by atoms with van der Waals surface area (Å²) in [5.74, 6) is 2.93. The summed E-state index contributed by atoms with van der Waals surface area (Å²) in [4.78, 5) is 28.5. The summed E-state index contributed by atoms with van der Waals surface area (Å²) in [6, 6.07) is 7.64. The van der Waals surface area contributed by atoms with Gasteiger partial charge in [0.1, 0.15) is 18.2 Å². The van der Waals surface area contributed by atoms with E-state index in [9.17, 15) is 4.79 Å². The number of nitrogens with zero attached hydrogens (tertiary/aromatic N) is 5. The number of anilines is 1. The Morgan fingerprint density at radius 2 is 2.12 bits per heavy atom. The van der Waals surface area contributed by atoms with Gasteiger partial charge in [-0.05, 0) is 43.4 Å². The predicted octanol–water partition coefficient (Wildman–Crippen LogP) is 2.28. The number of aromatic nitrogens is 4. The van der Waals surface area contributed by atoms with Gasteiger partial charge in [-0.1, -0.05) is 13.0 Å². The lowest BCUT2D eigenvalue weighted by molar-refractivity contribution is -0.122. The number of aryl methyl sites for hydroxylation is 1. The molecule has 2 aliphatic heterocycles. The highest BCUT2D eigenvalue weighted by atomic mass is 16.7. The number of carbonyl (C=O) groups excluding carboxylic acids is 1. The molecule has 166 valence electrons. The highest BCUT2D eigenvalue weighted by Crippen LogP contribution is 2.32. The summed E-state index contributed by atoms with van der Waals surface area (Å²) in [6.07, 6.45) is 8.48. The Kier molecular flexibility index (Phi) is 5.62. The smallest absolute Gasteiger partial charge is 0.242 e. The molecule has 1 atom stereocenters. The van der Waals surface area contributed by atoms with Gasteiger partial charge >= 0.3 is 0 Å². The minimum Gasteiger partial charge on any atom is -0.454 e. The van der Waals surface area contributed by atoms with E-state index < -0.39 is 0 Å². The number of imidazole rings is 1. The van der Waals surface area contributed by atoms with Crippen LogP contribution >= 0.6 is 0 Å². The van der Waals surface area contributed by atoms with Crippen molar-refractivity contribution in [1.82, 2.24) is 24.8 Å². The number of hydrogen-bond donors (Lipinski definition) is 1. The topological polar surface area (TPSA) is 94.4 Å². The number of hydrogen-bond acceptors (Lipinski definition) is 7. The molecule has 9 heteroatoms. The summed E-state index contributed by atoms with van der Waals surface area (Å²) in [5, 5.41) is 3.10. The molecule has 1 amide bonds. The fraction of sp³-hybridized carbons (Fsp3) is 0.391. The zero-order valence-corrected chi connectivity index (χ0v) is 18.0. The maximum absolute atomic E-state index is 13.0. The fourth-order valence-corrected chi connectivity index (χ4v) is 4.15. The molecule has 1 saturated heterocycles. The van der Waals surface area contributed by atoms with Crippen molar-refractivity contribution in [3.63, 3.8) is 0 Å². The summed E-state index contributed by atoms with van der Waals surface area (Å²) in [5.41, 5.74) is 2.04. The summed E-state index contributed by atoms with van der Waals surface area (Å²) >= 11 is 0. The molecule has 4 heterocycles. The van der Waals surface area contributed by atoms with Gasteiger partial charge in [0.05, 0.1) is 0 Å². The lowest BCUT2D eigenvalue weighted by atomic mass is 10.1. The lowest BCUT2D eigenvalue weighted by Crippen LogP contribution is -2.44. The van der Waals surface area contributed by atoms with E-state index in [2.05, 4.69) is 27.1 Å². The third-order valence-corrected chi connectivity index (χ3v) is 5.85. The molecule has 0 saturated carbocycles. The first-order chi connectivity index (χ1) is 15.7. The molecule has 2 aromatic heterocycles. The van der Waals surface area contributed by atoms with E-state index in [0.29, 0.717) is 12.5 Å². The third-order valence-electron chi connectivity index (χ3n) is 5.85. The summed E-state index contributed by atoms with van der Waals surface area (Å²) < 4.78 is 12.6. The van der Waals surface area contributed by atoms with Crippen molar-refractivity contribution < 1.29 is 14.3 Å². The molecule has 1 aromatic carbocycles. The van der Waals surface area contributed by atoms with E-state index in [4.69, 9.17) is 14.5 Å². The normalized spacial score (nSPS) is 17.0. The van der Waals surface area contributed by atoms with E-state index in [-0.39, 0.29) is 18.7 Å². The third kappa shape index (κ3) is 4.10. The van der Waals surface area contributed by atoms with E-state index in [1.807, 2.05) is 30.5 Å². The number of amides is 1. The van der Waals surface area contributed by atoms with Crippen LogP contribution in [0.15, 0.2) is 43.0 Å². The Morgan fingerprint density at radius 3 is 2.97 bits per heavy atom. The Balaban J connectivity index is 1.26. The molecule has 1 unspecified atom stereocenters. The Labute approximate surface area is 186 Å². The van der Waals surface area contributed by atoms with Gasteiger partial charge in [0.2, 0.25) is 18.6 Å². The van der Waals surface area contributed by atoms with Crippen LogP contribution < -0.4 is 19.7 Å². The average Bonchev–Trinajstić information content (AvgIpc) is 3.59. The van der Waals surface area contributed by atoms with Crippen molar-refractivity contribution in [3.05, 3.63) is 54.2 Å². The Hall–Kier alpha value is -3.62. The second kappa shape index (κ2) is 8.86. The lowest BCUT2D eigenvalue weighted by Gasteiger charge is -2.25. The van der Waals surface area contributed by atoms with Crippen molar-refractivity contribution in [3.8, 4) is 17.4 Å². The van der Waals surface area contributed by atoms with Crippen molar-refractivity contribution in [2.45, 2.75) is 38.6 Å². The maximum Gasteiger partial charge on any atom is 0.242 e. The van der Waals surface area contributed by atoms with Crippen molar-refractivity contribution in [2.75, 3.05) is 24.8 Å². The van der Waals surface area contributed by atoms with Crippen LogP contribution in [0.5, 0.6) is 11.5 Å². The van der Waals surface area contributed by atoms with Crippen molar-refractivity contribution in [1.29, 1.82) is 0 Å². The van der Waals surface area contributed by atoms with E-state index >= 15 is 0 Å². The van der Waals surface area contributed by atoms with Crippen LogP contribution in [-0.2, 0) is 17.6 Å². The van der Waals surface area contributed by atoms with Gasteiger partial charge in [-0.2, -0.15) is 4.98 Å². The minimum absolute atomic E-state index is 0.0316. The molecule has 3 aromatic rings. The zero-order valence-electron chi connectivity index (χ0n) is 18.0. The number of fused-ring (bicyclic) bond motifs is 1. The molecule has 0 spiro atoms. The zero-order chi connectivity index (χ0) is 21.9. The van der Waals surface area contributed by atoms with Gasteiger partial charge in [0, 0.05) is 37.2 Å². The first kappa shape index (κ1) is 20.3. The Morgan fingerprint density at radius 1 is 1.22 bits per heavy atom. The summed E-state index contributed by atoms with van der Waals surface area (Å²) in [6.45, 7) is 3.68. The van der Waals surface area contributed by atoms with Crippen LogP contribution in [0.1, 0.15) is 31.0 Å². The number of rotatable bonds is 7. The number of ether oxygens (including phenoxy) is 2. The van der Waals surface area contributed by atoms with Gasteiger partial charge in [-0.15, -0.1) is 0 Å². The van der Waals surface area contributed by atoms with E-state index in [0.717, 1.165) is 60.8 Å². The van der Waals surface area contributed by atoms with Gasteiger partial charge in [-0.3, -0.25) is 9.36 Å². The van der Waals surface area contributed by atoms with Crippen LogP contribution in [0.25, 0.3) is 5.95 Å².